The Morgan fingerprint density at radius 1 is 1.24 bits per heavy atom. The first-order chi connectivity index (χ1) is 10.1. The molecule has 0 amide bonds. The smallest absolute Gasteiger partial charge is 0.119 e. The van der Waals surface area contributed by atoms with Crippen molar-refractivity contribution in [2.24, 2.45) is 11.3 Å². The first-order valence-corrected chi connectivity index (χ1v) is 8.51. The maximum absolute atomic E-state index is 5.69. The number of hydrogen-bond donors (Lipinski definition) is 1. The molecular formula is C19H31NO. The number of ether oxygens (including phenoxy) is 1. The third kappa shape index (κ3) is 3.79. The van der Waals surface area contributed by atoms with Crippen LogP contribution in [0.15, 0.2) is 24.3 Å². The van der Waals surface area contributed by atoms with E-state index >= 15 is 0 Å². The summed E-state index contributed by atoms with van der Waals surface area (Å²) in [5.74, 6) is 1.74. The molecule has 2 heteroatoms. The highest BCUT2D eigenvalue weighted by molar-refractivity contribution is 5.32. The summed E-state index contributed by atoms with van der Waals surface area (Å²) in [5, 5.41) is 3.62. The van der Waals surface area contributed by atoms with Crippen molar-refractivity contribution in [3.05, 3.63) is 29.8 Å². The molecule has 1 fully saturated rings. The van der Waals surface area contributed by atoms with Gasteiger partial charge in [-0.05, 0) is 62.3 Å². The topological polar surface area (TPSA) is 21.3 Å². The molecule has 1 aromatic rings. The molecule has 1 N–H and O–H groups in total. The summed E-state index contributed by atoms with van der Waals surface area (Å²) in [7, 11) is 2.11. The SMILES string of the molecule is CCOc1cccc(C(NC)C2(CC(C)C)CCCC2)c1. The molecule has 0 saturated heterocycles. The third-order valence-electron chi connectivity index (χ3n) is 4.82. The lowest BCUT2D eigenvalue weighted by Crippen LogP contribution is -2.35. The highest BCUT2D eigenvalue weighted by Gasteiger charge is 2.41. The van der Waals surface area contributed by atoms with Gasteiger partial charge in [-0.25, -0.2) is 0 Å². The molecule has 1 aliphatic rings. The van der Waals surface area contributed by atoms with Crippen molar-refractivity contribution in [2.75, 3.05) is 13.7 Å². The lowest BCUT2D eigenvalue weighted by Gasteiger charge is -2.39. The predicted molar refractivity (Wildman–Crippen MR) is 89.8 cm³/mol. The van der Waals surface area contributed by atoms with E-state index in [9.17, 15) is 0 Å². The summed E-state index contributed by atoms with van der Waals surface area (Å²) < 4.78 is 5.69. The number of benzene rings is 1. The summed E-state index contributed by atoms with van der Waals surface area (Å²) in [6, 6.07) is 9.10. The van der Waals surface area contributed by atoms with Gasteiger partial charge in [0.25, 0.3) is 0 Å². The molecule has 1 unspecified atom stereocenters. The van der Waals surface area contributed by atoms with Crippen LogP contribution in [0.25, 0.3) is 0 Å². The van der Waals surface area contributed by atoms with E-state index in [0.717, 1.165) is 18.3 Å². The molecular weight excluding hydrogens is 258 g/mol. The van der Waals surface area contributed by atoms with Crippen molar-refractivity contribution in [2.45, 2.75) is 58.9 Å². The molecule has 0 aromatic heterocycles. The molecule has 21 heavy (non-hydrogen) atoms. The van der Waals surface area contributed by atoms with Gasteiger partial charge in [0.15, 0.2) is 0 Å². The van der Waals surface area contributed by atoms with E-state index in [1.54, 1.807) is 0 Å². The monoisotopic (exact) mass is 289 g/mol. The van der Waals surface area contributed by atoms with Crippen LogP contribution in [-0.4, -0.2) is 13.7 Å². The zero-order valence-electron chi connectivity index (χ0n) is 14.1. The fourth-order valence-corrected chi connectivity index (χ4v) is 4.28. The van der Waals surface area contributed by atoms with Gasteiger partial charge in [-0.2, -0.15) is 0 Å². The molecule has 2 nitrogen and oxygen atoms in total. The minimum atomic E-state index is 0.410. The van der Waals surface area contributed by atoms with E-state index in [0.29, 0.717) is 11.5 Å². The molecule has 1 atom stereocenters. The van der Waals surface area contributed by atoms with Crippen LogP contribution in [0.2, 0.25) is 0 Å². The molecule has 118 valence electrons. The van der Waals surface area contributed by atoms with Gasteiger partial charge in [0.05, 0.1) is 6.61 Å². The van der Waals surface area contributed by atoms with Gasteiger partial charge in [-0.15, -0.1) is 0 Å². The van der Waals surface area contributed by atoms with Crippen LogP contribution in [-0.2, 0) is 0 Å². The van der Waals surface area contributed by atoms with Gasteiger partial charge < -0.3 is 10.1 Å². The second-order valence-electron chi connectivity index (χ2n) is 6.89. The molecule has 0 heterocycles. The van der Waals surface area contributed by atoms with Crippen LogP contribution >= 0.6 is 0 Å². The highest BCUT2D eigenvalue weighted by atomic mass is 16.5. The molecule has 1 saturated carbocycles. The average Bonchev–Trinajstić information content (AvgIpc) is 2.89. The van der Waals surface area contributed by atoms with Crippen molar-refractivity contribution < 1.29 is 4.74 Å². The Morgan fingerprint density at radius 2 is 1.95 bits per heavy atom. The molecule has 0 aliphatic heterocycles. The molecule has 1 aliphatic carbocycles. The van der Waals surface area contributed by atoms with E-state index < -0.39 is 0 Å². The highest BCUT2D eigenvalue weighted by Crippen LogP contribution is 2.51. The molecule has 2 rings (SSSR count). The number of hydrogen-bond acceptors (Lipinski definition) is 2. The Balaban J connectivity index is 2.29. The van der Waals surface area contributed by atoms with Crippen molar-refractivity contribution >= 4 is 0 Å². The van der Waals surface area contributed by atoms with Gasteiger partial charge in [-0.1, -0.05) is 38.8 Å². The summed E-state index contributed by atoms with van der Waals surface area (Å²) in [5.41, 5.74) is 1.79. The first kappa shape index (κ1) is 16.4. The second-order valence-corrected chi connectivity index (χ2v) is 6.89. The average molecular weight is 289 g/mol. The maximum Gasteiger partial charge on any atom is 0.119 e. The summed E-state index contributed by atoms with van der Waals surface area (Å²) in [6.07, 6.45) is 6.73. The van der Waals surface area contributed by atoms with Crippen LogP contribution in [0, 0.1) is 11.3 Å². The van der Waals surface area contributed by atoms with Crippen molar-refractivity contribution in [1.29, 1.82) is 0 Å². The van der Waals surface area contributed by atoms with E-state index in [1.807, 2.05) is 6.92 Å². The van der Waals surface area contributed by atoms with Crippen molar-refractivity contribution in [3.8, 4) is 5.75 Å². The van der Waals surface area contributed by atoms with Crippen LogP contribution < -0.4 is 10.1 Å². The second kappa shape index (κ2) is 7.31. The van der Waals surface area contributed by atoms with Gasteiger partial charge in [0.2, 0.25) is 0 Å². The minimum absolute atomic E-state index is 0.410. The van der Waals surface area contributed by atoms with Gasteiger partial charge in [0, 0.05) is 6.04 Å². The number of rotatable bonds is 7. The normalized spacial score (nSPS) is 18.9. The maximum atomic E-state index is 5.69. The quantitative estimate of drug-likeness (QED) is 0.766. The standard InChI is InChI=1S/C19H31NO/c1-5-21-17-10-8-9-16(13-17)18(20-4)19(14-15(2)3)11-6-7-12-19/h8-10,13,15,18,20H,5-7,11-12,14H2,1-4H3. The lowest BCUT2D eigenvalue weighted by molar-refractivity contribution is 0.161. The minimum Gasteiger partial charge on any atom is -0.494 e. The molecule has 0 spiro atoms. The third-order valence-corrected chi connectivity index (χ3v) is 4.82. The predicted octanol–water partition coefficient (Wildman–Crippen LogP) is 4.95. The van der Waals surface area contributed by atoms with Crippen LogP contribution in [0.3, 0.4) is 0 Å². The van der Waals surface area contributed by atoms with Gasteiger partial charge in [0.1, 0.15) is 5.75 Å². The Bertz CT molecular complexity index is 435. The van der Waals surface area contributed by atoms with Gasteiger partial charge >= 0.3 is 0 Å². The zero-order chi connectivity index (χ0) is 15.3. The summed E-state index contributed by atoms with van der Waals surface area (Å²) >= 11 is 0. The van der Waals surface area contributed by atoms with E-state index in [2.05, 4.69) is 50.5 Å². The molecule has 1 aromatic carbocycles. The number of nitrogens with one attached hydrogen (secondary N) is 1. The fourth-order valence-electron chi connectivity index (χ4n) is 4.28. The Morgan fingerprint density at radius 3 is 2.52 bits per heavy atom. The van der Waals surface area contributed by atoms with Crippen LogP contribution in [0.1, 0.15) is 64.5 Å². The van der Waals surface area contributed by atoms with E-state index in [1.165, 1.54) is 37.7 Å². The van der Waals surface area contributed by atoms with E-state index in [4.69, 9.17) is 4.74 Å². The molecule has 0 bridgehead atoms. The first-order valence-electron chi connectivity index (χ1n) is 8.51. The van der Waals surface area contributed by atoms with Crippen LogP contribution in [0.4, 0.5) is 0 Å². The van der Waals surface area contributed by atoms with Crippen LogP contribution in [0.5, 0.6) is 5.75 Å². The van der Waals surface area contributed by atoms with E-state index in [-0.39, 0.29) is 0 Å². The zero-order valence-corrected chi connectivity index (χ0v) is 14.1. The lowest BCUT2D eigenvalue weighted by atomic mass is 9.70. The summed E-state index contributed by atoms with van der Waals surface area (Å²) in [4.78, 5) is 0. The summed E-state index contributed by atoms with van der Waals surface area (Å²) in [6.45, 7) is 7.47. The Labute approximate surface area is 130 Å². The van der Waals surface area contributed by atoms with Crippen molar-refractivity contribution in [3.63, 3.8) is 0 Å². The van der Waals surface area contributed by atoms with Crippen molar-refractivity contribution in [1.82, 2.24) is 5.32 Å². The Kier molecular flexibility index (Phi) is 5.69. The largest absolute Gasteiger partial charge is 0.494 e. The Hall–Kier alpha value is -1.02. The molecule has 0 radical (unpaired) electrons. The van der Waals surface area contributed by atoms with Gasteiger partial charge in [-0.3, -0.25) is 0 Å². The fraction of sp³-hybridized carbons (Fsp3) is 0.684.